The Morgan fingerprint density at radius 3 is 2.47 bits per heavy atom. The average molecular weight is 411 g/mol. The fraction of sp³-hybridized carbons (Fsp3) is 0.143. The lowest BCUT2D eigenvalue weighted by molar-refractivity contribution is -0.139. The predicted octanol–water partition coefficient (Wildman–Crippen LogP) is 1.72. The van der Waals surface area contributed by atoms with Crippen molar-refractivity contribution in [3.8, 4) is 11.5 Å². The molecule has 2 aromatic carbocycles. The Morgan fingerprint density at radius 1 is 1.10 bits per heavy atom. The van der Waals surface area contributed by atoms with Gasteiger partial charge in [-0.1, -0.05) is 18.2 Å². The van der Waals surface area contributed by atoms with Crippen LogP contribution in [0, 0.1) is 0 Å². The number of ether oxygens (including phenoxy) is 2. The third kappa shape index (κ3) is 6.48. The number of nitrogens with zero attached hydrogens (tertiary/aromatic N) is 1. The van der Waals surface area contributed by atoms with Gasteiger partial charge in [0.2, 0.25) is 0 Å². The molecule has 30 heavy (non-hydrogen) atoms. The maximum atomic E-state index is 11.5. The number of carboxylic acids is 1. The lowest BCUT2D eigenvalue weighted by atomic mass is 10.1. The monoisotopic (exact) mass is 411 g/mol. The molecule has 0 heterocycles. The summed E-state index contributed by atoms with van der Waals surface area (Å²) < 4.78 is 11.0. The van der Waals surface area contributed by atoms with Gasteiger partial charge in [0.25, 0.3) is 0 Å². The van der Waals surface area contributed by atoms with E-state index in [1.54, 1.807) is 30.3 Å². The quantitative estimate of drug-likeness (QED) is 0.250. The molecule has 0 atom stereocenters. The van der Waals surface area contributed by atoms with E-state index in [-0.39, 0.29) is 18.7 Å². The van der Waals surface area contributed by atoms with Crippen LogP contribution in [-0.2, 0) is 16.2 Å². The average Bonchev–Trinajstić information content (AvgIpc) is 2.76. The number of carbonyl (C=O) groups excluding carboxylic acids is 2. The van der Waals surface area contributed by atoms with Gasteiger partial charge in [0.1, 0.15) is 6.61 Å². The summed E-state index contributed by atoms with van der Waals surface area (Å²) >= 11 is 0. The van der Waals surface area contributed by atoms with Crippen LogP contribution in [0.1, 0.15) is 21.5 Å². The van der Waals surface area contributed by atoms with Crippen LogP contribution < -0.4 is 20.2 Å². The molecule has 0 bridgehead atoms. The van der Waals surface area contributed by atoms with Crippen molar-refractivity contribution in [3.63, 3.8) is 0 Å². The number of benzene rings is 2. The van der Waals surface area contributed by atoms with Crippen LogP contribution in [0.4, 0.5) is 0 Å². The van der Waals surface area contributed by atoms with E-state index in [0.29, 0.717) is 17.1 Å². The first-order valence-corrected chi connectivity index (χ1v) is 8.79. The van der Waals surface area contributed by atoms with Gasteiger partial charge in [-0.05, 0) is 41.5 Å². The van der Waals surface area contributed by atoms with Gasteiger partial charge in [0.15, 0.2) is 11.5 Å². The molecule has 2 aromatic rings. The lowest BCUT2D eigenvalue weighted by Crippen LogP contribution is -2.37. The van der Waals surface area contributed by atoms with E-state index in [1.807, 2.05) is 0 Å². The fourth-order valence-corrected chi connectivity index (χ4v) is 2.25. The molecular weight excluding hydrogens is 390 g/mol. The van der Waals surface area contributed by atoms with E-state index < -0.39 is 17.8 Å². The highest BCUT2D eigenvalue weighted by Crippen LogP contribution is 2.28. The topological polar surface area (TPSA) is 126 Å². The van der Waals surface area contributed by atoms with Gasteiger partial charge in [0, 0.05) is 6.54 Å². The molecule has 0 saturated carbocycles. The number of hydrazone groups is 1. The van der Waals surface area contributed by atoms with Crippen LogP contribution in [0.25, 0.3) is 0 Å². The van der Waals surface area contributed by atoms with Crippen LogP contribution in [0.15, 0.2) is 60.2 Å². The predicted molar refractivity (Wildman–Crippen MR) is 110 cm³/mol. The van der Waals surface area contributed by atoms with Gasteiger partial charge >= 0.3 is 17.8 Å². The van der Waals surface area contributed by atoms with Crippen molar-refractivity contribution in [2.45, 2.75) is 6.61 Å². The van der Waals surface area contributed by atoms with Crippen LogP contribution >= 0.6 is 0 Å². The summed E-state index contributed by atoms with van der Waals surface area (Å²) in [5, 5.41) is 15.0. The van der Waals surface area contributed by atoms with Gasteiger partial charge in [-0.3, -0.25) is 9.59 Å². The van der Waals surface area contributed by atoms with E-state index >= 15 is 0 Å². The molecule has 0 aliphatic carbocycles. The molecule has 0 aromatic heterocycles. The van der Waals surface area contributed by atoms with E-state index in [2.05, 4.69) is 22.4 Å². The number of hydrogen-bond donors (Lipinski definition) is 3. The maximum Gasteiger partial charge on any atom is 0.335 e. The van der Waals surface area contributed by atoms with E-state index in [1.165, 1.54) is 31.5 Å². The van der Waals surface area contributed by atoms with Crippen molar-refractivity contribution < 1.29 is 29.0 Å². The third-order valence-corrected chi connectivity index (χ3v) is 3.78. The summed E-state index contributed by atoms with van der Waals surface area (Å²) in [7, 11) is 1.48. The molecular formula is C21H21N3O6. The molecule has 0 saturated heterocycles. The van der Waals surface area contributed by atoms with Crippen molar-refractivity contribution in [2.24, 2.45) is 5.10 Å². The van der Waals surface area contributed by atoms with Crippen LogP contribution in [0.2, 0.25) is 0 Å². The number of rotatable bonds is 9. The molecule has 9 heteroatoms. The first-order chi connectivity index (χ1) is 14.4. The van der Waals surface area contributed by atoms with Gasteiger partial charge in [0.05, 0.1) is 18.9 Å². The highest BCUT2D eigenvalue weighted by atomic mass is 16.5. The minimum absolute atomic E-state index is 0.179. The van der Waals surface area contributed by atoms with E-state index in [0.717, 1.165) is 5.56 Å². The molecule has 2 amide bonds. The van der Waals surface area contributed by atoms with Crippen molar-refractivity contribution in [3.05, 3.63) is 71.8 Å². The summed E-state index contributed by atoms with van der Waals surface area (Å²) in [6, 6.07) is 11.4. The smallest absolute Gasteiger partial charge is 0.335 e. The first kappa shape index (κ1) is 22.2. The third-order valence-electron chi connectivity index (χ3n) is 3.78. The molecule has 2 rings (SSSR count). The first-order valence-electron chi connectivity index (χ1n) is 8.79. The van der Waals surface area contributed by atoms with Crippen LogP contribution in [-0.4, -0.2) is 42.8 Å². The summed E-state index contributed by atoms with van der Waals surface area (Å²) in [5.41, 5.74) is 3.73. The Bertz CT molecular complexity index is 954. The van der Waals surface area contributed by atoms with Gasteiger partial charge < -0.3 is 19.9 Å². The van der Waals surface area contributed by atoms with Crippen molar-refractivity contribution >= 4 is 24.0 Å². The normalized spacial score (nSPS) is 10.3. The van der Waals surface area contributed by atoms with Gasteiger partial charge in [-0.25, -0.2) is 10.2 Å². The minimum atomic E-state index is -0.991. The Balaban J connectivity index is 1.96. The molecule has 0 aliphatic heterocycles. The Hall–Kier alpha value is -4.14. The second-order valence-corrected chi connectivity index (χ2v) is 5.90. The second-order valence-electron chi connectivity index (χ2n) is 5.90. The zero-order valence-corrected chi connectivity index (χ0v) is 16.3. The fourth-order valence-electron chi connectivity index (χ4n) is 2.25. The number of aromatic carboxylic acids is 1. The van der Waals surface area contributed by atoms with E-state index in [9.17, 15) is 14.4 Å². The molecule has 0 aliphatic rings. The highest BCUT2D eigenvalue weighted by molar-refractivity contribution is 6.35. The van der Waals surface area contributed by atoms with Gasteiger partial charge in [-0.2, -0.15) is 5.10 Å². The molecule has 156 valence electrons. The van der Waals surface area contributed by atoms with Crippen molar-refractivity contribution in [1.29, 1.82) is 0 Å². The molecule has 0 spiro atoms. The number of carbonyl (C=O) groups is 3. The number of amides is 2. The Morgan fingerprint density at radius 2 is 1.83 bits per heavy atom. The largest absolute Gasteiger partial charge is 0.493 e. The summed E-state index contributed by atoms with van der Waals surface area (Å²) in [5.74, 6) is -1.78. The SMILES string of the molecule is C=CCNC(=O)C(=O)N/N=C\c1ccc(OCc2ccc(C(=O)O)cc2)c(OC)c1. The Kier molecular flexibility index (Phi) is 8.13. The summed E-state index contributed by atoms with van der Waals surface area (Å²) in [6.07, 6.45) is 2.81. The molecule has 0 fully saturated rings. The number of hydrogen-bond acceptors (Lipinski definition) is 6. The van der Waals surface area contributed by atoms with Crippen LogP contribution in [0.5, 0.6) is 11.5 Å². The highest BCUT2D eigenvalue weighted by Gasteiger charge is 2.11. The Labute approximate surface area is 173 Å². The summed E-state index contributed by atoms with van der Waals surface area (Å²) in [4.78, 5) is 33.9. The second kappa shape index (κ2) is 11.0. The molecule has 9 nitrogen and oxygen atoms in total. The molecule has 3 N–H and O–H groups in total. The van der Waals surface area contributed by atoms with Crippen molar-refractivity contribution in [2.75, 3.05) is 13.7 Å². The number of carboxylic acid groups (broad SMARTS) is 1. The van der Waals surface area contributed by atoms with Crippen molar-refractivity contribution in [1.82, 2.24) is 10.7 Å². The standard InChI is InChI=1S/C21H21N3O6/c1-3-10-22-19(25)20(26)24-23-12-15-6-9-17(18(11-15)29-2)30-13-14-4-7-16(8-5-14)21(27)28/h3-9,11-12H,1,10,13H2,2H3,(H,22,25)(H,24,26)(H,27,28)/b23-12-. The lowest BCUT2D eigenvalue weighted by Gasteiger charge is -2.11. The number of nitrogens with one attached hydrogen (secondary N) is 2. The van der Waals surface area contributed by atoms with E-state index in [4.69, 9.17) is 14.6 Å². The molecule has 0 radical (unpaired) electrons. The minimum Gasteiger partial charge on any atom is -0.493 e. The molecule has 0 unspecified atom stereocenters. The van der Waals surface area contributed by atoms with Crippen LogP contribution in [0.3, 0.4) is 0 Å². The number of methoxy groups -OCH3 is 1. The maximum absolute atomic E-state index is 11.5. The summed E-state index contributed by atoms with van der Waals surface area (Å²) in [6.45, 7) is 3.84. The van der Waals surface area contributed by atoms with Gasteiger partial charge in [-0.15, -0.1) is 6.58 Å². The zero-order valence-electron chi connectivity index (χ0n) is 16.3. The zero-order chi connectivity index (χ0) is 21.9.